The molecule has 0 fully saturated rings. The maximum Gasteiger partial charge on any atom is 0.307 e. The van der Waals surface area contributed by atoms with Crippen LogP contribution >= 0.6 is 0 Å². The number of hydrogen-bond donors (Lipinski definition) is 1. The lowest BCUT2D eigenvalue weighted by molar-refractivity contribution is -0.136. The van der Waals surface area contributed by atoms with Crippen LogP contribution in [0.3, 0.4) is 0 Å². The molecular weight excluding hydrogens is 252 g/mol. The van der Waals surface area contributed by atoms with Crippen molar-refractivity contribution in [3.63, 3.8) is 0 Å². The molecule has 0 atom stereocenters. The van der Waals surface area contributed by atoms with E-state index in [1.54, 1.807) is 24.3 Å². The number of benzene rings is 1. The summed E-state index contributed by atoms with van der Waals surface area (Å²) in [4.78, 5) is 10.6. The highest BCUT2D eigenvalue weighted by atomic mass is 32.2. The largest absolute Gasteiger partial charge is 0.481 e. The second-order valence-electron chi connectivity index (χ2n) is 5.22. The maximum absolute atomic E-state index is 11.4. The quantitative estimate of drug-likeness (QED) is 0.882. The molecule has 0 aliphatic carbocycles. The number of aliphatic carboxylic acids is 1. The van der Waals surface area contributed by atoms with Gasteiger partial charge in [-0.25, -0.2) is 8.42 Å². The Kier molecular flexibility index (Phi) is 4.16. The van der Waals surface area contributed by atoms with E-state index < -0.39 is 21.2 Å². The van der Waals surface area contributed by atoms with Gasteiger partial charge in [-0.3, -0.25) is 4.79 Å². The minimum atomic E-state index is -3.05. The summed E-state index contributed by atoms with van der Waals surface area (Å²) in [5.41, 5.74) is 1.12. The van der Waals surface area contributed by atoms with Gasteiger partial charge in [-0.2, -0.15) is 0 Å². The molecule has 0 aromatic heterocycles. The van der Waals surface area contributed by atoms with Crippen LogP contribution in [0.5, 0.6) is 0 Å². The SMILES string of the molecule is CC(C)(CS(C)(=O)=O)c1ccc(CC(=O)O)cc1. The molecule has 100 valence electrons. The predicted octanol–water partition coefficient (Wildman–Crippen LogP) is 1.64. The Bertz CT molecular complexity index is 527. The van der Waals surface area contributed by atoms with Crippen LogP contribution in [0.1, 0.15) is 25.0 Å². The number of carboxylic acid groups (broad SMARTS) is 1. The van der Waals surface area contributed by atoms with Crippen molar-refractivity contribution in [2.45, 2.75) is 25.7 Å². The molecule has 0 spiro atoms. The summed E-state index contributed by atoms with van der Waals surface area (Å²) in [7, 11) is -3.05. The summed E-state index contributed by atoms with van der Waals surface area (Å²) >= 11 is 0. The van der Waals surface area contributed by atoms with Crippen LogP contribution in [-0.2, 0) is 26.5 Å². The van der Waals surface area contributed by atoms with Gasteiger partial charge in [0.1, 0.15) is 9.84 Å². The topological polar surface area (TPSA) is 71.4 Å². The van der Waals surface area contributed by atoms with Gasteiger partial charge in [0.15, 0.2) is 0 Å². The summed E-state index contributed by atoms with van der Waals surface area (Å²) in [5.74, 6) is -0.809. The maximum atomic E-state index is 11.4. The third-order valence-electron chi connectivity index (χ3n) is 2.71. The zero-order valence-electron chi connectivity index (χ0n) is 10.8. The molecule has 0 unspecified atom stereocenters. The first kappa shape index (κ1) is 14.7. The van der Waals surface area contributed by atoms with Crippen molar-refractivity contribution in [2.75, 3.05) is 12.0 Å². The minimum absolute atomic E-state index is 0.0210. The van der Waals surface area contributed by atoms with Gasteiger partial charge in [-0.1, -0.05) is 38.1 Å². The second kappa shape index (κ2) is 5.10. The van der Waals surface area contributed by atoms with E-state index in [4.69, 9.17) is 5.11 Å². The molecule has 0 saturated heterocycles. The normalized spacial score (nSPS) is 12.4. The Labute approximate surface area is 108 Å². The van der Waals surface area contributed by atoms with E-state index in [9.17, 15) is 13.2 Å². The summed E-state index contributed by atoms with van der Waals surface area (Å²) in [6.45, 7) is 3.72. The molecule has 1 N–H and O–H groups in total. The van der Waals surface area contributed by atoms with Gasteiger partial charge in [0.05, 0.1) is 12.2 Å². The fourth-order valence-electron chi connectivity index (χ4n) is 1.99. The van der Waals surface area contributed by atoms with Gasteiger partial charge in [-0.15, -0.1) is 0 Å². The standard InChI is InChI=1S/C13H18O4S/c1-13(2,9-18(3,16)17)11-6-4-10(5-7-11)8-12(14)15/h4-7H,8-9H2,1-3H3,(H,14,15). The van der Waals surface area contributed by atoms with Gasteiger partial charge in [-0.05, 0) is 11.1 Å². The Morgan fingerprint density at radius 1 is 1.22 bits per heavy atom. The third kappa shape index (κ3) is 4.49. The molecule has 0 saturated carbocycles. The molecule has 5 heteroatoms. The van der Waals surface area contributed by atoms with Crippen molar-refractivity contribution in [1.29, 1.82) is 0 Å². The average Bonchev–Trinajstić information content (AvgIpc) is 2.13. The highest BCUT2D eigenvalue weighted by Gasteiger charge is 2.25. The van der Waals surface area contributed by atoms with E-state index in [0.717, 1.165) is 5.56 Å². The van der Waals surface area contributed by atoms with Crippen LogP contribution in [0.15, 0.2) is 24.3 Å². The van der Waals surface area contributed by atoms with E-state index in [0.29, 0.717) is 5.56 Å². The Hall–Kier alpha value is -1.36. The van der Waals surface area contributed by atoms with Crippen LogP contribution in [0.2, 0.25) is 0 Å². The van der Waals surface area contributed by atoms with E-state index in [2.05, 4.69) is 0 Å². The summed E-state index contributed by atoms with van der Waals surface area (Å²) in [6, 6.07) is 7.05. The number of sulfone groups is 1. The minimum Gasteiger partial charge on any atom is -0.481 e. The second-order valence-corrected chi connectivity index (χ2v) is 7.36. The predicted molar refractivity (Wildman–Crippen MR) is 70.5 cm³/mol. The first-order valence-corrected chi connectivity index (χ1v) is 7.65. The van der Waals surface area contributed by atoms with Gasteiger partial charge >= 0.3 is 5.97 Å². The van der Waals surface area contributed by atoms with E-state index in [1.165, 1.54) is 6.26 Å². The van der Waals surface area contributed by atoms with Crippen molar-refractivity contribution in [1.82, 2.24) is 0 Å². The fourth-order valence-corrected chi connectivity index (χ4v) is 3.46. The first-order chi connectivity index (χ1) is 8.10. The number of rotatable bonds is 5. The fraction of sp³-hybridized carbons (Fsp3) is 0.462. The number of carboxylic acids is 1. The first-order valence-electron chi connectivity index (χ1n) is 5.59. The highest BCUT2D eigenvalue weighted by Crippen LogP contribution is 2.25. The van der Waals surface area contributed by atoms with Gasteiger partial charge in [0, 0.05) is 11.7 Å². The Morgan fingerprint density at radius 2 is 1.72 bits per heavy atom. The van der Waals surface area contributed by atoms with Crippen LogP contribution in [0.4, 0.5) is 0 Å². The lowest BCUT2D eigenvalue weighted by atomic mass is 9.86. The number of carbonyl (C=O) groups is 1. The van der Waals surface area contributed by atoms with E-state index in [-0.39, 0.29) is 12.2 Å². The molecule has 1 aromatic rings. The van der Waals surface area contributed by atoms with E-state index >= 15 is 0 Å². The average molecular weight is 270 g/mol. The molecule has 1 rings (SSSR count). The zero-order valence-corrected chi connectivity index (χ0v) is 11.6. The number of hydrogen-bond acceptors (Lipinski definition) is 3. The van der Waals surface area contributed by atoms with Crippen LogP contribution in [0.25, 0.3) is 0 Å². The van der Waals surface area contributed by atoms with Crippen LogP contribution in [-0.4, -0.2) is 31.5 Å². The molecular formula is C13H18O4S. The molecule has 4 nitrogen and oxygen atoms in total. The molecule has 0 heterocycles. The Morgan fingerprint density at radius 3 is 2.11 bits per heavy atom. The summed E-state index contributed by atoms with van der Waals surface area (Å²) in [5, 5.41) is 8.67. The summed E-state index contributed by atoms with van der Waals surface area (Å²) in [6.07, 6.45) is 1.19. The third-order valence-corrected chi connectivity index (χ3v) is 3.96. The molecule has 0 aliphatic rings. The molecule has 0 bridgehead atoms. The van der Waals surface area contributed by atoms with Crippen LogP contribution < -0.4 is 0 Å². The molecule has 1 aromatic carbocycles. The van der Waals surface area contributed by atoms with Gasteiger partial charge < -0.3 is 5.11 Å². The molecule has 0 aliphatic heterocycles. The van der Waals surface area contributed by atoms with Gasteiger partial charge in [0.2, 0.25) is 0 Å². The van der Waals surface area contributed by atoms with Crippen molar-refractivity contribution >= 4 is 15.8 Å². The zero-order chi connectivity index (χ0) is 14.0. The molecule has 18 heavy (non-hydrogen) atoms. The van der Waals surface area contributed by atoms with Crippen molar-refractivity contribution < 1.29 is 18.3 Å². The van der Waals surface area contributed by atoms with Gasteiger partial charge in [0.25, 0.3) is 0 Å². The smallest absolute Gasteiger partial charge is 0.307 e. The van der Waals surface area contributed by atoms with Crippen LogP contribution in [0, 0.1) is 0 Å². The molecule has 0 amide bonds. The lowest BCUT2D eigenvalue weighted by Gasteiger charge is -2.24. The lowest BCUT2D eigenvalue weighted by Crippen LogP contribution is -2.27. The molecule has 0 radical (unpaired) electrons. The van der Waals surface area contributed by atoms with Crippen molar-refractivity contribution in [3.8, 4) is 0 Å². The van der Waals surface area contributed by atoms with Crippen molar-refractivity contribution in [3.05, 3.63) is 35.4 Å². The van der Waals surface area contributed by atoms with E-state index in [1.807, 2.05) is 13.8 Å². The Balaban J connectivity index is 2.93. The summed E-state index contributed by atoms with van der Waals surface area (Å²) < 4.78 is 22.7. The highest BCUT2D eigenvalue weighted by molar-refractivity contribution is 7.90. The van der Waals surface area contributed by atoms with Crippen molar-refractivity contribution in [2.24, 2.45) is 0 Å². The monoisotopic (exact) mass is 270 g/mol.